The minimum Gasteiger partial charge on any atom is -0.383 e. The number of aromatic nitrogens is 2. The molecule has 2 N–H and O–H groups in total. The van der Waals surface area contributed by atoms with Crippen LogP contribution in [0, 0.1) is 11.3 Å². The van der Waals surface area contributed by atoms with Crippen molar-refractivity contribution < 1.29 is 4.79 Å². The van der Waals surface area contributed by atoms with Crippen molar-refractivity contribution in [2.75, 3.05) is 18.5 Å². The first-order valence-corrected chi connectivity index (χ1v) is 9.74. The summed E-state index contributed by atoms with van der Waals surface area (Å²) in [5.74, 6) is 0.568. The Bertz CT molecular complexity index is 791. The van der Waals surface area contributed by atoms with Crippen molar-refractivity contribution in [2.45, 2.75) is 42.8 Å². The molecular formula is C16H19N5OS2. The van der Waals surface area contributed by atoms with Gasteiger partial charge in [0.15, 0.2) is 5.16 Å². The summed E-state index contributed by atoms with van der Waals surface area (Å²) in [4.78, 5) is 23.7. The fourth-order valence-electron chi connectivity index (χ4n) is 3.04. The van der Waals surface area contributed by atoms with E-state index in [1.165, 1.54) is 23.1 Å². The van der Waals surface area contributed by atoms with Crippen LogP contribution >= 0.6 is 23.1 Å². The van der Waals surface area contributed by atoms with E-state index in [0.29, 0.717) is 11.0 Å². The Labute approximate surface area is 149 Å². The lowest BCUT2D eigenvalue weighted by atomic mass is 9.81. The summed E-state index contributed by atoms with van der Waals surface area (Å²) in [5.41, 5.74) is 5.27. The third-order valence-electron chi connectivity index (χ3n) is 4.56. The predicted octanol–water partition coefficient (Wildman–Crippen LogP) is 3.05. The van der Waals surface area contributed by atoms with Crippen LogP contribution in [0.5, 0.6) is 0 Å². The maximum absolute atomic E-state index is 12.5. The van der Waals surface area contributed by atoms with Crippen LogP contribution in [-0.2, 0) is 4.79 Å². The zero-order valence-corrected chi connectivity index (χ0v) is 15.1. The molecule has 0 aromatic carbocycles. The highest BCUT2D eigenvalue weighted by atomic mass is 32.2. The van der Waals surface area contributed by atoms with Crippen LogP contribution in [-0.4, -0.2) is 39.1 Å². The van der Waals surface area contributed by atoms with Crippen LogP contribution in [0.3, 0.4) is 0 Å². The van der Waals surface area contributed by atoms with Crippen molar-refractivity contribution in [3.63, 3.8) is 0 Å². The fourth-order valence-corrected chi connectivity index (χ4v) is 4.64. The minimum absolute atomic E-state index is 0.0723. The van der Waals surface area contributed by atoms with E-state index in [-0.39, 0.29) is 11.7 Å². The number of fused-ring (bicyclic) bond motifs is 1. The molecule has 0 spiro atoms. The van der Waals surface area contributed by atoms with Gasteiger partial charge in [-0.2, -0.15) is 5.26 Å². The molecule has 1 saturated carbocycles. The van der Waals surface area contributed by atoms with Crippen molar-refractivity contribution in [3.8, 4) is 6.07 Å². The summed E-state index contributed by atoms with van der Waals surface area (Å²) < 4.78 is 0. The van der Waals surface area contributed by atoms with Gasteiger partial charge in [0.05, 0.1) is 17.2 Å². The van der Waals surface area contributed by atoms with Crippen LogP contribution in [0.15, 0.2) is 16.6 Å². The number of carbonyl (C=O) groups excluding carboxylic acids is 1. The molecule has 1 aliphatic carbocycles. The van der Waals surface area contributed by atoms with E-state index >= 15 is 0 Å². The van der Waals surface area contributed by atoms with Gasteiger partial charge in [-0.25, -0.2) is 9.97 Å². The summed E-state index contributed by atoms with van der Waals surface area (Å²) in [7, 11) is 1.73. The van der Waals surface area contributed by atoms with E-state index in [1.54, 1.807) is 11.9 Å². The van der Waals surface area contributed by atoms with Gasteiger partial charge in [-0.05, 0) is 24.3 Å². The molecular weight excluding hydrogens is 342 g/mol. The van der Waals surface area contributed by atoms with Crippen molar-refractivity contribution in [3.05, 3.63) is 11.4 Å². The number of carbonyl (C=O) groups is 1. The predicted molar refractivity (Wildman–Crippen MR) is 96.8 cm³/mol. The van der Waals surface area contributed by atoms with Crippen LogP contribution in [0.2, 0.25) is 0 Å². The molecule has 2 aromatic rings. The minimum atomic E-state index is -0.659. The second-order valence-electron chi connectivity index (χ2n) is 5.98. The van der Waals surface area contributed by atoms with Crippen molar-refractivity contribution in [1.29, 1.82) is 5.26 Å². The highest BCUT2D eigenvalue weighted by molar-refractivity contribution is 7.99. The molecule has 1 fully saturated rings. The molecule has 0 saturated heterocycles. The van der Waals surface area contributed by atoms with Gasteiger partial charge in [-0.1, -0.05) is 31.0 Å². The normalized spacial score (nSPS) is 16.7. The van der Waals surface area contributed by atoms with E-state index in [0.717, 1.165) is 42.3 Å². The number of rotatable bonds is 4. The zero-order valence-electron chi connectivity index (χ0n) is 13.5. The number of anilines is 1. The van der Waals surface area contributed by atoms with Gasteiger partial charge in [0.25, 0.3) is 0 Å². The summed E-state index contributed by atoms with van der Waals surface area (Å²) in [5, 5.41) is 12.9. The van der Waals surface area contributed by atoms with E-state index in [1.807, 2.05) is 11.4 Å². The van der Waals surface area contributed by atoms with Crippen molar-refractivity contribution in [1.82, 2.24) is 14.9 Å². The number of thioether (sulfide) groups is 1. The number of thiophene rings is 1. The number of amides is 1. The van der Waals surface area contributed by atoms with Gasteiger partial charge < -0.3 is 10.6 Å². The Hall–Kier alpha value is -1.85. The topological polar surface area (TPSA) is 95.9 Å². The second-order valence-corrected chi connectivity index (χ2v) is 7.81. The maximum atomic E-state index is 12.5. The van der Waals surface area contributed by atoms with Gasteiger partial charge in [0.1, 0.15) is 16.2 Å². The Morgan fingerprint density at radius 1 is 1.46 bits per heavy atom. The Morgan fingerprint density at radius 3 is 2.92 bits per heavy atom. The third-order valence-corrected chi connectivity index (χ3v) is 6.20. The molecule has 0 unspecified atom stereocenters. The fraction of sp³-hybridized carbons (Fsp3) is 0.500. The third kappa shape index (κ3) is 3.19. The molecule has 0 radical (unpaired) electrons. The monoisotopic (exact) mass is 361 g/mol. The summed E-state index contributed by atoms with van der Waals surface area (Å²) >= 11 is 2.77. The van der Waals surface area contributed by atoms with Crippen molar-refractivity contribution in [2.24, 2.45) is 0 Å². The van der Waals surface area contributed by atoms with E-state index in [2.05, 4.69) is 16.0 Å². The maximum Gasteiger partial charge on any atom is 0.234 e. The number of nitrogens with two attached hydrogens (primary N) is 1. The van der Waals surface area contributed by atoms with Crippen LogP contribution < -0.4 is 5.73 Å². The van der Waals surface area contributed by atoms with Gasteiger partial charge in [0.2, 0.25) is 5.91 Å². The molecule has 1 amide bonds. The van der Waals surface area contributed by atoms with Crippen LogP contribution in [0.1, 0.15) is 32.1 Å². The van der Waals surface area contributed by atoms with E-state index in [4.69, 9.17) is 5.73 Å². The van der Waals surface area contributed by atoms with Crippen LogP contribution in [0.25, 0.3) is 10.2 Å². The first-order chi connectivity index (χ1) is 11.6. The number of nitrogen functional groups attached to an aromatic ring is 1. The van der Waals surface area contributed by atoms with E-state index < -0.39 is 5.54 Å². The molecule has 0 aliphatic heterocycles. The quantitative estimate of drug-likeness (QED) is 0.664. The van der Waals surface area contributed by atoms with Gasteiger partial charge in [-0.15, -0.1) is 11.3 Å². The SMILES string of the molecule is CN(C(=O)CSc1nc(N)c2ccsc2n1)C1(C#N)CCCCC1. The molecule has 8 heteroatoms. The Kier molecular flexibility index (Phi) is 4.92. The Morgan fingerprint density at radius 2 is 2.21 bits per heavy atom. The largest absolute Gasteiger partial charge is 0.383 e. The molecule has 2 heterocycles. The van der Waals surface area contributed by atoms with E-state index in [9.17, 15) is 10.1 Å². The second kappa shape index (κ2) is 6.95. The smallest absolute Gasteiger partial charge is 0.234 e. The van der Waals surface area contributed by atoms with Gasteiger partial charge >= 0.3 is 0 Å². The lowest BCUT2D eigenvalue weighted by Gasteiger charge is -2.39. The molecule has 3 rings (SSSR count). The molecule has 0 bridgehead atoms. The first-order valence-electron chi connectivity index (χ1n) is 7.87. The molecule has 24 heavy (non-hydrogen) atoms. The van der Waals surface area contributed by atoms with Crippen molar-refractivity contribution >= 4 is 45.0 Å². The highest BCUT2D eigenvalue weighted by Gasteiger charge is 2.38. The average Bonchev–Trinajstić information content (AvgIpc) is 3.08. The molecule has 6 nitrogen and oxygen atoms in total. The number of hydrogen-bond acceptors (Lipinski definition) is 7. The van der Waals surface area contributed by atoms with Gasteiger partial charge in [0, 0.05) is 7.05 Å². The highest BCUT2D eigenvalue weighted by Crippen LogP contribution is 2.33. The summed E-state index contributed by atoms with van der Waals surface area (Å²) in [6.45, 7) is 0. The molecule has 0 atom stereocenters. The zero-order chi connectivity index (χ0) is 17.2. The first kappa shape index (κ1) is 17.0. The molecule has 126 valence electrons. The standard InChI is InChI=1S/C16H19N5OS2/c1-21(16(10-17)6-3-2-4-7-16)12(22)9-24-15-19-13(18)11-5-8-23-14(11)20-15/h5,8H,2-4,6-7,9H2,1H3,(H2,18,19,20). The number of hydrogen-bond donors (Lipinski definition) is 1. The summed E-state index contributed by atoms with van der Waals surface area (Å²) in [6.07, 6.45) is 4.62. The number of nitriles is 1. The molecule has 1 aliphatic rings. The lowest BCUT2D eigenvalue weighted by Crippen LogP contribution is -2.50. The lowest BCUT2D eigenvalue weighted by molar-refractivity contribution is -0.131. The Balaban J connectivity index is 1.68. The van der Waals surface area contributed by atoms with Crippen LogP contribution in [0.4, 0.5) is 5.82 Å². The van der Waals surface area contributed by atoms with Gasteiger partial charge in [-0.3, -0.25) is 4.79 Å². The average molecular weight is 361 g/mol. The number of nitrogens with zero attached hydrogens (tertiary/aromatic N) is 4. The molecule has 2 aromatic heterocycles. The summed E-state index contributed by atoms with van der Waals surface area (Å²) in [6, 6.07) is 4.26.